The van der Waals surface area contributed by atoms with Crippen LogP contribution in [0.5, 0.6) is 0 Å². The molecule has 2 atom stereocenters. The summed E-state index contributed by atoms with van der Waals surface area (Å²) in [6, 6.07) is -0.625. The van der Waals surface area contributed by atoms with Crippen LogP contribution in [0.4, 0.5) is 0 Å². The quantitative estimate of drug-likeness (QED) is 0.313. The molecule has 0 aromatic heterocycles. The Morgan fingerprint density at radius 3 is 2.25 bits per heavy atom. The van der Waals surface area contributed by atoms with Crippen LogP contribution in [0.1, 0.15) is 78.1 Å². The second-order valence-electron chi connectivity index (χ2n) is 6.28. The maximum Gasteiger partial charge on any atom is 0.220 e. The van der Waals surface area contributed by atoms with Crippen molar-refractivity contribution in [2.75, 3.05) is 6.61 Å². The van der Waals surface area contributed by atoms with E-state index in [1.54, 1.807) is 6.08 Å². The van der Waals surface area contributed by atoms with Gasteiger partial charge in [-0.1, -0.05) is 63.8 Å². The normalized spacial score (nSPS) is 14.3. The lowest BCUT2D eigenvalue weighted by Crippen LogP contribution is -2.45. The van der Waals surface area contributed by atoms with Gasteiger partial charge in [-0.25, -0.2) is 0 Å². The molecule has 0 rings (SSSR count). The highest BCUT2D eigenvalue weighted by Crippen LogP contribution is 2.04. The molecule has 140 valence electrons. The molecule has 0 spiro atoms. The van der Waals surface area contributed by atoms with Crippen LogP contribution in [0.25, 0.3) is 0 Å². The highest BCUT2D eigenvalue weighted by molar-refractivity contribution is 5.76. The molecular weight excluding hydrogens is 302 g/mol. The van der Waals surface area contributed by atoms with Crippen LogP contribution in [0.15, 0.2) is 24.3 Å². The molecule has 0 heterocycles. The number of unbranched alkanes of at least 4 members (excludes halogenated alkanes) is 6. The summed E-state index contributed by atoms with van der Waals surface area (Å²) in [7, 11) is 0. The molecule has 0 aromatic carbocycles. The molecule has 0 fully saturated rings. The SMILES string of the molecule is CCCCC/C=C/CC/C=C/C(O)C(CO)NC(=O)CCCCC. The Balaban J connectivity index is 3.94. The van der Waals surface area contributed by atoms with E-state index in [2.05, 4.69) is 31.3 Å². The average molecular weight is 340 g/mol. The molecule has 0 bridgehead atoms. The van der Waals surface area contributed by atoms with E-state index in [-0.39, 0.29) is 12.5 Å². The van der Waals surface area contributed by atoms with E-state index in [0.29, 0.717) is 6.42 Å². The molecule has 4 heteroatoms. The van der Waals surface area contributed by atoms with Crippen molar-refractivity contribution in [3.05, 3.63) is 24.3 Å². The van der Waals surface area contributed by atoms with Crippen molar-refractivity contribution in [1.29, 1.82) is 0 Å². The fourth-order valence-corrected chi connectivity index (χ4v) is 2.36. The van der Waals surface area contributed by atoms with Gasteiger partial charge in [0.1, 0.15) is 0 Å². The van der Waals surface area contributed by atoms with Crippen molar-refractivity contribution >= 4 is 5.91 Å². The largest absolute Gasteiger partial charge is 0.394 e. The van der Waals surface area contributed by atoms with Gasteiger partial charge in [-0.2, -0.15) is 0 Å². The molecule has 0 aliphatic heterocycles. The molecule has 0 aromatic rings. The van der Waals surface area contributed by atoms with E-state index in [9.17, 15) is 15.0 Å². The van der Waals surface area contributed by atoms with Gasteiger partial charge in [0.25, 0.3) is 0 Å². The van der Waals surface area contributed by atoms with Crippen LogP contribution < -0.4 is 5.32 Å². The van der Waals surface area contributed by atoms with Gasteiger partial charge in [0.15, 0.2) is 0 Å². The topological polar surface area (TPSA) is 69.6 Å². The van der Waals surface area contributed by atoms with E-state index in [4.69, 9.17) is 0 Å². The number of carbonyl (C=O) groups is 1. The second kappa shape index (κ2) is 16.7. The number of hydrogen-bond acceptors (Lipinski definition) is 3. The minimum absolute atomic E-state index is 0.107. The highest BCUT2D eigenvalue weighted by atomic mass is 16.3. The lowest BCUT2D eigenvalue weighted by atomic mass is 10.1. The average Bonchev–Trinajstić information content (AvgIpc) is 2.58. The fourth-order valence-electron chi connectivity index (χ4n) is 2.36. The first-order chi connectivity index (χ1) is 11.7. The maximum absolute atomic E-state index is 11.7. The van der Waals surface area contributed by atoms with E-state index < -0.39 is 12.1 Å². The van der Waals surface area contributed by atoms with Gasteiger partial charge in [0.2, 0.25) is 5.91 Å². The summed E-state index contributed by atoms with van der Waals surface area (Å²) in [5.41, 5.74) is 0. The van der Waals surface area contributed by atoms with E-state index >= 15 is 0 Å². The number of carbonyl (C=O) groups excluding carboxylic acids is 1. The molecule has 0 saturated carbocycles. The molecule has 1 amide bonds. The molecule has 0 radical (unpaired) electrons. The molecule has 2 unspecified atom stereocenters. The number of nitrogens with one attached hydrogen (secondary N) is 1. The van der Waals surface area contributed by atoms with E-state index in [0.717, 1.165) is 38.5 Å². The standard InChI is InChI=1S/C20H37NO3/c1-3-5-7-8-9-10-11-12-14-15-19(23)18(17-22)21-20(24)16-13-6-4-2/h9-10,14-15,18-19,22-23H,3-8,11-13,16-17H2,1-2H3,(H,21,24)/b10-9+,15-14+. The number of allylic oxidation sites excluding steroid dienone is 3. The summed E-state index contributed by atoms with van der Waals surface area (Å²) < 4.78 is 0. The molecule has 24 heavy (non-hydrogen) atoms. The first-order valence-corrected chi connectivity index (χ1v) is 9.55. The molecule has 3 N–H and O–H groups in total. The number of amides is 1. The van der Waals surface area contributed by atoms with Gasteiger partial charge in [-0.05, 0) is 32.1 Å². The Labute approximate surface area is 148 Å². The van der Waals surface area contributed by atoms with Crippen molar-refractivity contribution in [2.45, 2.75) is 90.2 Å². The van der Waals surface area contributed by atoms with Gasteiger partial charge in [-0.15, -0.1) is 0 Å². The molecule has 0 aliphatic carbocycles. The van der Waals surface area contributed by atoms with Gasteiger partial charge in [-0.3, -0.25) is 4.79 Å². The van der Waals surface area contributed by atoms with Gasteiger partial charge < -0.3 is 15.5 Å². The lowest BCUT2D eigenvalue weighted by Gasteiger charge is -2.19. The van der Waals surface area contributed by atoms with Crippen molar-refractivity contribution in [1.82, 2.24) is 5.32 Å². The summed E-state index contributed by atoms with van der Waals surface area (Å²) in [5.74, 6) is -0.107. The monoisotopic (exact) mass is 339 g/mol. The molecule has 0 saturated heterocycles. The highest BCUT2D eigenvalue weighted by Gasteiger charge is 2.17. The van der Waals surface area contributed by atoms with Crippen LogP contribution in [-0.2, 0) is 4.79 Å². The van der Waals surface area contributed by atoms with Crippen LogP contribution in [0.2, 0.25) is 0 Å². The Morgan fingerprint density at radius 1 is 0.958 bits per heavy atom. The van der Waals surface area contributed by atoms with Gasteiger partial charge >= 0.3 is 0 Å². The number of hydrogen-bond donors (Lipinski definition) is 3. The van der Waals surface area contributed by atoms with Crippen LogP contribution >= 0.6 is 0 Å². The van der Waals surface area contributed by atoms with E-state index in [1.807, 2.05) is 6.08 Å². The smallest absolute Gasteiger partial charge is 0.220 e. The summed E-state index contributed by atoms with van der Waals surface area (Å²) in [5, 5.41) is 22.1. The van der Waals surface area contributed by atoms with Gasteiger partial charge in [0.05, 0.1) is 18.8 Å². The zero-order valence-corrected chi connectivity index (χ0v) is 15.5. The Bertz CT molecular complexity index is 353. The van der Waals surface area contributed by atoms with Crippen LogP contribution in [-0.4, -0.2) is 34.9 Å². The first kappa shape index (κ1) is 22.9. The minimum atomic E-state index is -0.848. The lowest BCUT2D eigenvalue weighted by molar-refractivity contribution is -0.123. The van der Waals surface area contributed by atoms with E-state index in [1.165, 1.54) is 19.3 Å². The third-order valence-electron chi connectivity index (χ3n) is 3.94. The third-order valence-corrected chi connectivity index (χ3v) is 3.94. The second-order valence-corrected chi connectivity index (χ2v) is 6.28. The van der Waals surface area contributed by atoms with Crippen molar-refractivity contribution < 1.29 is 15.0 Å². The number of aliphatic hydroxyl groups is 2. The fraction of sp³-hybridized carbons (Fsp3) is 0.750. The van der Waals surface area contributed by atoms with Crippen LogP contribution in [0.3, 0.4) is 0 Å². The molecular formula is C20H37NO3. The third kappa shape index (κ3) is 13.3. The summed E-state index contributed by atoms with van der Waals surface area (Å²) in [6.45, 7) is 4.03. The van der Waals surface area contributed by atoms with Gasteiger partial charge in [0, 0.05) is 6.42 Å². The molecule has 4 nitrogen and oxygen atoms in total. The first-order valence-electron chi connectivity index (χ1n) is 9.55. The number of aliphatic hydroxyl groups excluding tert-OH is 2. The van der Waals surface area contributed by atoms with Crippen molar-refractivity contribution in [3.8, 4) is 0 Å². The predicted octanol–water partition coefficient (Wildman–Crippen LogP) is 3.88. The Hall–Kier alpha value is -1.13. The van der Waals surface area contributed by atoms with Crippen molar-refractivity contribution in [3.63, 3.8) is 0 Å². The Kier molecular flexibility index (Phi) is 15.9. The summed E-state index contributed by atoms with van der Waals surface area (Å²) in [4.78, 5) is 11.7. The Morgan fingerprint density at radius 2 is 1.58 bits per heavy atom. The summed E-state index contributed by atoms with van der Waals surface area (Å²) in [6.07, 6.45) is 17.2. The molecule has 0 aliphatic rings. The minimum Gasteiger partial charge on any atom is -0.394 e. The zero-order chi connectivity index (χ0) is 18.0. The predicted molar refractivity (Wildman–Crippen MR) is 101 cm³/mol. The summed E-state index contributed by atoms with van der Waals surface area (Å²) >= 11 is 0. The maximum atomic E-state index is 11.7. The van der Waals surface area contributed by atoms with Crippen LogP contribution in [0, 0.1) is 0 Å². The zero-order valence-electron chi connectivity index (χ0n) is 15.5. The van der Waals surface area contributed by atoms with Crippen molar-refractivity contribution in [2.24, 2.45) is 0 Å². The number of rotatable bonds is 15.